The van der Waals surface area contributed by atoms with E-state index in [0.29, 0.717) is 13.1 Å². The summed E-state index contributed by atoms with van der Waals surface area (Å²) in [5, 5.41) is 15.8. The van der Waals surface area contributed by atoms with Crippen LogP contribution in [0.15, 0.2) is 47.1 Å². The van der Waals surface area contributed by atoms with Gasteiger partial charge in [-0.3, -0.25) is 0 Å². The molecule has 0 spiro atoms. The molecule has 2 heterocycles. The molecule has 0 amide bonds. The van der Waals surface area contributed by atoms with Crippen LogP contribution in [0.2, 0.25) is 0 Å². The molecule has 0 atom stereocenters. The Labute approximate surface area is 116 Å². The van der Waals surface area contributed by atoms with Gasteiger partial charge >= 0.3 is 0 Å². The average Bonchev–Trinajstić information content (AvgIpc) is 3.09. The molecule has 6 nitrogen and oxygen atoms in total. The van der Waals surface area contributed by atoms with Gasteiger partial charge in [0.25, 0.3) is 0 Å². The third kappa shape index (κ3) is 2.92. The molecular weight excluding hydrogens is 254 g/mol. The summed E-state index contributed by atoms with van der Waals surface area (Å²) in [5.41, 5.74) is 2.72. The minimum atomic E-state index is 0.638. The van der Waals surface area contributed by atoms with Gasteiger partial charge in [-0.1, -0.05) is 23.4 Å². The van der Waals surface area contributed by atoms with E-state index in [1.54, 1.807) is 11.0 Å². The Morgan fingerprint density at radius 2 is 1.95 bits per heavy atom. The number of hydrogen-bond donors (Lipinski definition) is 1. The predicted octanol–water partition coefficient (Wildman–Crippen LogP) is 1.85. The van der Waals surface area contributed by atoms with Crippen LogP contribution in [0.1, 0.15) is 17.1 Å². The monoisotopic (exact) mass is 269 g/mol. The maximum atomic E-state index is 5.01. The van der Waals surface area contributed by atoms with E-state index in [4.69, 9.17) is 4.52 Å². The standard InChI is InChI=1S/C14H15N5O/c1-11-7-12(18-20-11)8-15-9-13-10-16-19(17-13)14-5-3-2-4-6-14/h2-7,10,15H,8-9H2,1H3. The van der Waals surface area contributed by atoms with E-state index in [2.05, 4.69) is 20.7 Å². The summed E-state index contributed by atoms with van der Waals surface area (Å²) < 4.78 is 5.01. The predicted molar refractivity (Wildman–Crippen MR) is 73.1 cm³/mol. The van der Waals surface area contributed by atoms with Gasteiger partial charge in [0.05, 0.1) is 23.3 Å². The highest BCUT2D eigenvalue weighted by atomic mass is 16.5. The van der Waals surface area contributed by atoms with Crippen LogP contribution in [-0.4, -0.2) is 20.2 Å². The van der Waals surface area contributed by atoms with Gasteiger partial charge < -0.3 is 9.84 Å². The molecule has 0 unspecified atom stereocenters. The highest BCUT2D eigenvalue weighted by Crippen LogP contribution is 2.05. The van der Waals surface area contributed by atoms with Crippen LogP contribution in [0, 0.1) is 6.92 Å². The van der Waals surface area contributed by atoms with Crippen LogP contribution in [-0.2, 0) is 13.1 Å². The maximum Gasteiger partial charge on any atom is 0.133 e. The minimum Gasteiger partial charge on any atom is -0.361 e. The summed E-state index contributed by atoms with van der Waals surface area (Å²) in [4.78, 5) is 1.62. The number of nitrogens with zero attached hydrogens (tertiary/aromatic N) is 4. The molecule has 0 radical (unpaired) electrons. The van der Waals surface area contributed by atoms with Crippen molar-refractivity contribution in [3.63, 3.8) is 0 Å². The van der Waals surface area contributed by atoms with Crippen molar-refractivity contribution in [2.24, 2.45) is 0 Å². The average molecular weight is 269 g/mol. The van der Waals surface area contributed by atoms with Gasteiger partial charge in [-0.2, -0.15) is 15.0 Å². The molecule has 0 aliphatic heterocycles. The molecule has 1 N–H and O–H groups in total. The van der Waals surface area contributed by atoms with E-state index in [1.165, 1.54) is 0 Å². The largest absolute Gasteiger partial charge is 0.361 e. The Morgan fingerprint density at radius 3 is 2.70 bits per heavy atom. The first-order valence-corrected chi connectivity index (χ1v) is 6.41. The first kappa shape index (κ1) is 12.6. The van der Waals surface area contributed by atoms with Crippen molar-refractivity contribution in [3.05, 3.63) is 59.7 Å². The lowest BCUT2D eigenvalue weighted by Crippen LogP contribution is -2.13. The molecule has 0 aliphatic carbocycles. The van der Waals surface area contributed by atoms with Gasteiger partial charge in [-0.25, -0.2) is 0 Å². The quantitative estimate of drug-likeness (QED) is 0.765. The molecule has 0 aliphatic rings. The Kier molecular flexibility index (Phi) is 3.56. The maximum absolute atomic E-state index is 5.01. The topological polar surface area (TPSA) is 68.8 Å². The summed E-state index contributed by atoms with van der Waals surface area (Å²) in [6, 6.07) is 11.7. The third-order valence-electron chi connectivity index (χ3n) is 2.82. The molecular formula is C14H15N5O. The molecule has 0 bridgehead atoms. The summed E-state index contributed by atoms with van der Waals surface area (Å²) in [6.07, 6.45) is 1.76. The second-order valence-electron chi connectivity index (χ2n) is 4.49. The van der Waals surface area contributed by atoms with Crippen molar-refractivity contribution in [3.8, 4) is 5.69 Å². The van der Waals surface area contributed by atoms with Crippen molar-refractivity contribution in [1.29, 1.82) is 0 Å². The Morgan fingerprint density at radius 1 is 1.15 bits per heavy atom. The molecule has 3 aromatic rings. The van der Waals surface area contributed by atoms with E-state index in [9.17, 15) is 0 Å². The van der Waals surface area contributed by atoms with Gasteiger partial charge in [0, 0.05) is 19.2 Å². The normalized spacial score (nSPS) is 10.8. The molecule has 0 saturated heterocycles. The lowest BCUT2D eigenvalue weighted by molar-refractivity contribution is 0.388. The minimum absolute atomic E-state index is 0.638. The highest BCUT2D eigenvalue weighted by molar-refractivity contribution is 5.28. The van der Waals surface area contributed by atoms with Crippen LogP contribution in [0.4, 0.5) is 0 Å². The molecule has 2 aromatic heterocycles. The Bertz CT molecular complexity index is 674. The summed E-state index contributed by atoms with van der Waals surface area (Å²) in [6.45, 7) is 3.16. The number of rotatable bonds is 5. The molecule has 0 saturated carbocycles. The van der Waals surface area contributed by atoms with E-state index in [-0.39, 0.29) is 0 Å². The van der Waals surface area contributed by atoms with Crippen LogP contribution in [0.25, 0.3) is 5.69 Å². The number of hydrogen-bond acceptors (Lipinski definition) is 5. The fourth-order valence-corrected chi connectivity index (χ4v) is 1.88. The van der Waals surface area contributed by atoms with E-state index < -0.39 is 0 Å². The Balaban J connectivity index is 1.58. The van der Waals surface area contributed by atoms with Crippen LogP contribution < -0.4 is 5.32 Å². The zero-order valence-corrected chi connectivity index (χ0v) is 11.2. The van der Waals surface area contributed by atoms with Crippen LogP contribution in [0.3, 0.4) is 0 Å². The van der Waals surface area contributed by atoms with Crippen molar-refractivity contribution in [1.82, 2.24) is 25.5 Å². The van der Waals surface area contributed by atoms with Crippen LogP contribution in [0.5, 0.6) is 0 Å². The molecule has 1 aromatic carbocycles. The molecule has 6 heteroatoms. The zero-order valence-electron chi connectivity index (χ0n) is 11.2. The smallest absolute Gasteiger partial charge is 0.133 e. The van der Waals surface area contributed by atoms with Gasteiger partial charge in [-0.15, -0.1) is 0 Å². The molecule has 20 heavy (non-hydrogen) atoms. The van der Waals surface area contributed by atoms with Crippen LogP contribution >= 0.6 is 0 Å². The van der Waals surface area contributed by atoms with Crippen molar-refractivity contribution in [2.45, 2.75) is 20.0 Å². The second-order valence-corrected chi connectivity index (χ2v) is 4.49. The molecule has 102 valence electrons. The molecule has 0 fully saturated rings. The highest BCUT2D eigenvalue weighted by Gasteiger charge is 2.03. The first-order valence-electron chi connectivity index (χ1n) is 6.41. The summed E-state index contributed by atoms with van der Waals surface area (Å²) in [5.74, 6) is 0.817. The third-order valence-corrected chi connectivity index (χ3v) is 2.82. The van der Waals surface area contributed by atoms with E-state index >= 15 is 0 Å². The van der Waals surface area contributed by atoms with Crippen molar-refractivity contribution >= 4 is 0 Å². The van der Waals surface area contributed by atoms with Gasteiger partial charge in [0.2, 0.25) is 0 Å². The van der Waals surface area contributed by atoms with E-state index in [0.717, 1.165) is 22.8 Å². The van der Waals surface area contributed by atoms with E-state index in [1.807, 2.05) is 43.3 Å². The number of aryl methyl sites for hydroxylation is 1. The SMILES string of the molecule is Cc1cc(CNCc2cnn(-c3ccccc3)n2)no1. The van der Waals surface area contributed by atoms with Gasteiger partial charge in [-0.05, 0) is 19.1 Å². The number of benzene rings is 1. The first-order chi connectivity index (χ1) is 9.81. The second kappa shape index (κ2) is 5.66. The summed E-state index contributed by atoms with van der Waals surface area (Å²) >= 11 is 0. The lowest BCUT2D eigenvalue weighted by atomic mass is 10.3. The number of nitrogens with one attached hydrogen (secondary N) is 1. The molecule has 3 rings (SSSR count). The summed E-state index contributed by atoms with van der Waals surface area (Å²) in [7, 11) is 0. The fraction of sp³-hybridized carbons (Fsp3) is 0.214. The Hall–Kier alpha value is -2.47. The number of para-hydroxylation sites is 1. The van der Waals surface area contributed by atoms with Crippen molar-refractivity contribution < 1.29 is 4.52 Å². The van der Waals surface area contributed by atoms with Gasteiger partial charge in [0.1, 0.15) is 5.76 Å². The van der Waals surface area contributed by atoms with Gasteiger partial charge in [0.15, 0.2) is 0 Å². The fourth-order valence-electron chi connectivity index (χ4n) is 1.88. The lowest BCUT2D eigenvalue weighted by Gasteiger charge is -1.99. The van der Waals surface area contributed by atoms with Crippen molar-refractivity contribution in [2.75, 3.05) is 0 Å². The number of aromatic nitrogens is 4. The zero-order chi connectivity index (χ0) is 13.8.